The third-order valence-electron chi connectivity index (χ3n) is 2.34. The van der Waals surface area contributed by atoms with Crippen molar-refractivity contribution in [3.05, 3.63) is 35.9 Å². The predicted octanol–water partition coefficient (Wildman–Crippen LogP) is 2.47. The highest BCUT2D eigenvalue weighted by molar-refractivity contribution is 5.92. The summed E-state index contributed by atoms with van der Waals surface area (Å²) < 4.78 is 40.8. The van der Waals surface area contributed by atoms with Crippen LogP contribution in [-0.2, 0) is 9.59 Å². The Morgan fingerprint density at radius 1 is 1.39 bits per heavy atom. The van der Waals surface area contributed by atoms with Crippen molar-refractivity contribution in [2.24, 2.45) is 0 Å². The number of carbonyl (C=O) groups excluding carboxylic acids is 1. The molecule has 0 bridgehead atoms. The molecule has 0 saturated carbocycles. The normalized spacial score (nSPS) is 11.0. The summed E-state index contributed by atoms with van der Waals surface area (Å²) in [6.45, 7) is -1.53. The topological polar surface area (TPSA) is 99.4 Å². The Labute approximate surface area is 128 Å². The van der Waals surface area contributed by atoms with E-state index in [2.05, 4.69) is 10.1 Å². The number of aliphatic carboxylic acids is 1. The number of nitrogens with zero attached hydrogens (tertiary/aromatic N) is 1. The second-order valence-electron chi connectivity index (χ2n) is 4.22. The molecule has 0 aromatic heterocycles. The SMILES string of the molecule is N#Cc1cc(NC(=O)CC=CC(=O)O)ccc1OCC(F)(F)F. The van der Waals surface area contributed by atoms with Crippen molar-refractivity contribution >= 4 is 17.6 Å². The van der Waals surface area contributed by atoms with Crippen molar-refractivity contribution < 1.29 is 32.6 Å². The van der Waals surface area contributed by atoms with Gasteiger partial charge in [0.25, 0.3) is 0 Å². The van der Waals surface area contributed by atoms with Crippen LogP contribution in [0.2, 0.25) is 0 Å². The Morgan fingerprint density at radius 3 is 2.65 bits per heavy atom. The second kappa shape index (κ2) is 7.84. The number of hydrogen-bond acceptors (Lipinski definition) is 4. The van der Waals surface area contributed by atoms with Gasteiger partial charge in [0, 0.05) is 18.2 Å². The number of halogens is 3. The van der Waals surface area contributed by atoms with E-state index in [9.17, 15) is 22.8 Å². The Kier molecular flexibility index (Phi) is 6.14. The number of nitriles is 1. The minimum Gasteiger partial charge on any atom is -0.483 e. The fourth-order valence-electron chi connectivity index (χ4n) is 1.46. The standard InChI is InChI=1S/C14H11F3N2O4/c15-14(16,17)8-23-11-5-4-10(6-9(11)7-18)19-12(20)2-1-3-13(21)22/h1,3-6H,2,8H2,(H,19,20)(H,21,22). The number of carbonyl (C=O) groups is 2. The molecule has 9 heteroatoms. The highest BCUT2D eigenvalue weighted by Crippen LogP contribution is 2.24. The summed E-state index contributed by atoms with van der Waals surface area (Å²) in [5.74, 6) is -2.00. The third-order valence-corrected chi connectivity index (χ3v) is 2.34. The average molecular weight is 328 g/mol. The van der Waals surface area contributed by atoms with Crippen LogP contribution < -0.4 is 10.1 Å². The lowest BCUT2D eigenvalue weighted by Crippen LogP contribution is -2.19. The number of benzene rings is 1. The summed E-state index contributed by atoms with van der Waals surface area (Å²) in [5, 5.41) is 19.7. The van der Waals surface area contributed by atoms with Crippen LogP contribution in [0.1, 0.15) is 12.0 Å². The molecule has 0 spiro atoms. The first-order valence-corrected chi connectivity index (χ1v) is 6.14. The average Bonchev–Trinajstić information content (AvgIpc) is 2.44. The molecule has 1 amide bonds. The fraction of sp³-hybridized carbons (Fsp3) is 0.214. The molecule has 0 unspecified atom stereocenters. The predicted molar refractivity (Wildman–Crippen MR) is 72.7 cm³/mol. The van der Waals surface area contributed by atoms with Gasteiger partial charge in [0.05, 0.1) is 5.56 Å². The number of carboxylic acids is 1. The van der Waals surface area contributed by atoms with E-state index in [1.165, 1.54) is 6.07 Å². The van der Waals surface area contributed by atoms with Gasteiger partial charge in [-0.25, -0.2) is 4.79 Å². The highest BCUT2D eigenvalue weighted by Gasteiger charge is 2.28. The zero-order valence-corrected chi connectivity index (χ0v) is 11.6. The van der Waals surface area contributed by atoms with E-state index in [-0.39, 0.29) is 23.4 Å². The zero-order valence-electron chi connectivity index (χ0n) is 11.6. The fourth-order valence-corrected chi connectivity index (χ4v) is 1.46. The van der Waals surface area contributed by atoms with Gasteiger partial charge in [-0.05, 0) is 18.2 Å². The van der Waals surface area contributed by atoms with Crippen molar-refractivity contribution in [2.45, 2.75) is 12.6 Å². The maximum Gasteiger partial charge on any atom is 0.422 e. The largest absolute Gasteiger partial charge is 0.483 e. The second-order valence-corrected chi connectivity index (χ2v) is 4.22. The molecule has 0 fully saturated rings. The van der Waals surface area contributed by atoms with Crippen LogP contribution in [0.4, 0.5) is 18.9 Å². The minimum atomic E-state index is -4.53. The third kappa shape index (κ3) is 6.99. The summed E-state index contributed by atoms with van der Waals surface area (Å²) in [6.07, 6.45) is -2.81. The first-order valence-electron chi connectivity index (χ1n) is 6.14. The van der Waals surface area contributed by atoms with Crippen molar-refractivity contribution in [3.63, 3.8) is 0 Å². The van der Waals surface area contributed by atoms with E-state index >= 15 is 0 Å². The lowest BCUT2D eigenvalue weighted by atomic mass is 10.2. The van der Waals surface area contributed by atoms with Crippen molar-refractivity contribution in [3.8, 4) is 11.8 Å². The first kappa shape index (κ1) is 18.0. The molecule has 1 rings (SSSR count). The van der Waals surface area contributed by atoms with E-state index in [0.29, 0.717) is 0 Å². The summed E-state index contributed by atoms with van der Waals surface area (Å²) in [4.78, 5) is 21.8. The Morgan fingerprint density at radius 2 is 2.09 bits per heavy atom. The van der Waals surface area contributed by atoms with Gasteiger partial charge in [0.15, 0.2) is 6.61 Å². The van der Waals surface area contributed by atoms with E-state index in [4.69, 9.17) is 10.4 Å². The number of rotatable bonds is 6. The van der Waals surface area contributed by atoms with Crippen molar-refractivity contribution in [2.75, 3.05) is 11.9 Å². The molecule has 0 aliphatic carbocycles. The summed E-state index contributed by atoms with van der Waals surface area (Å²) in [6, 6.07) is 5.23. The number of carboxylic acid groups (broad SMARTS) is 1. The van der Waals surface area contributed by atoms with Gasteiger partial charge in [-0.3, -0.25) is 4.79 Å². The minimum absolute atomic E-state index is 0.173. The Bertz CT molecular complexity index is 663. The van der Waals surface area contributed by atoms with E-state index < -0.39 is 24.7 Å². The number of amides is 1. The number of ether oxygens (including phenoxy) is 1. The molecule has 1 aromatic carbocycles. The van der Waals surface area contributed by atoms with E-state index in [1.807, 2.05) is 0 Å². The summed E-state index contributed by atoms with van der Waals surface area (Å²) >= 11 is 0. The van der Waals surface area contributed by atoms with Crippen LogP contribution in [0, 0.1) is 11.3 Å². The molecule has 0 aliphatic rings. The van der Waals surface area contributed by atoms with Gasteiger partial charge in [0.2, 0.25) is 5.91 Å². The molecule has 0 saturated heterocycles. The van der Waals surface area contributed by atoms with Crippen LogP contribution in [0.15, 0.2) is 30.4 Å². The molecular weight excluding hydrogens is 317 g/mol. The van der Waals surface area contributed by atoms with Gasteiger partial charge in [-0.1, -0.05) is 6.08 Å². The molecule has 0 atom stereocenters. The monoisotopic (exact) mass is 328 g/mol. The molecule has 1 aromatic rings. The van der Waals surface area contributed by atoms with Crippen LogP contribution in [0.25, 0.3) is 0 Å². The maximum atomic E-state index is 12.1. The molecular formula is C14H11F3N2O4. The van der Waals surface area contributed by atoms with Crippen LogP contribution in [0.3, 0.4) is 0 Å². The summed E-state index contributed by atoms with van der Waals surface area (Å²) in [7, 11) is 0. The molecule has 0 aliphatic heterocycles. The number of hydrogen-bond donors (Lipinski definition) is 2. The maximum absolute atomic E-state index is 12.1. The molecule has 6 nitrogen and oxygen atoms in total. The number of nitrogens with one attached hydrogen (secondary N) is 1. The molecule has 2 N–H and O–H groups in total. The van der Waals surface area contributed by atoms with Gasteiger partial charge < -0.3 is 15.2 Å². The Balaban J connectivity index is 2.74. The molecule has 0 radical (unpaired) electrons. The number of anilines is 1. The molecule has 23 heavy (non-hydrogen) atoms. The lowest BCUT2D eigenvalue weighted by molar-refractivity contribution is -0.153. The van der Waals surface area contributed by atoms with Crippen LogP contribution in [-0.4, -0.2) is 29.8 Å². The van der Waals surface area contributed by atoms with Crippen molar-refractivity contribution in [1.29, 1.82) is 5.26 Å². The van der Waals surface area contributed by atoms with Crippen LogP contribution >= 0.6 is 0 Å². The lowest BCUT2D eigenvalue weighted by Gasteiger charge is -2.11. The van der Waals surface area contributed by atoms with Gasteiger partial charge >= 0.3 is 12.1 Å². The molecule has 122 valence electrons. The number of alkyl halides is 3. The highest BCUT2D eigenvalue weighted by atomic mass is 19.4. The van der Waals surface area contributed by atoms with E-state index in [0.717, 1.165) is 24.3 Å². The van der Waals surface area contributed by atoms with Crippen LogP contribution in [0.5, 0.6) is 5.75 Å². The first-order chi connectivity index (χ1) is 10.7. The Hall–Kier alpha value is -3.02. The van der Waals surface area contributed by atoms with E-state index in [1.54, 1.807) is 6.07 Å². The van der Waals surface area contributed by atoms with Crippen molar-refractivity contribution in [1.82, 2.24) is 0 Å². The van der Waals surface area contributed by atoms with Gasteiger partial charge in [0.1, 0.15) is 11.8 Å². The smallest absolute Gasteiger partial charge is 0.422 e. The zero-order chi connectivity index (χ0) is 17.5. The van der Waals surface area contributed by atoms with Gasteiger partial charge in [-0.2, -0.15) is 18.4 Å². The molecule has 0 heterocycles. The van der Waals surface area contributed by atoms with Gasteiger partial charge in [-0.15, -0.1) is 0 Å². The quantitative estimate of drug-likeness (QED) is 0.782. The summed E-state index contributed by atoms with van der Waals surface area (Å²) in [5.41, 5.74) is 0.00256.